The Morgan fingerprint density at radius 2 is 1.83 bits per heavy atom. The van der Waals surface area contributed by atoms with Gasteiger partial charge in [-0.1, -0.05) is 35.4 Å². The maximum Gasteiger partial charge on any atom is 0.328 e. The molecule has 1 aromatic rings. The number of carboxylic acids is 1. The number of ether oxygens (including phenoxy) is 2. The summed E-state index contributed by atoms with van der Waals surface area (Å²) >= 11 is 0. The number of rotatable bonds is 14. The largest absolute Gasteiger partial charge is 0.497 e. The van der Waals surface area contributed by atoms with Gasteiger partial charge in [-0.05, 0) is 56.9 Å². The van der Waals surface area contributed by atoms with Crippen molar-refractivity contribution >= 4 is 11.8 Å². The van der Waals surface area contributed by atoms with Gasteiger partial charge in [0.25, 0.3) is 0 Å². The van der Waals surface area contributed by atoms with Crippen molar-refractivity contribution in [3.63, 3.8) is 0 Å². The second-order valence-electron chi connectivity index (χ2n) is 7.21. The lowest BCUT2D eigenvalue weighted by atomic mass is 10.1. The molecule has 0 aliphatic rings. The lowest BCUT2D eigenvalue weighted by molar-refractivity contribution is -0.131. The summed E-state index contributed by atoms with van der Waals surface area (Å²) in [6, 6.07) is 7.46. The molecule has 0 aromatic heterocycles. The summed E-state index contributed by atoms with van der Waals surface area (Å²) in [5, 5.41) is 18.6. The van der Waals surface area contributed by atoms with Crippen molar-refractivity contribution in [2.75, 3.05) is 13.7 Å². The van der Waals surface area contributed by atoms with Gasteiger partial charge in [-0.15, -0.1) is 0 Å². The number of aliphatic carboxylic acids is 1. The Morgan fingerprint density at radius 1 is 1.13 bits per heavy atom. The van der Waals surface area contributed by atoms with Gasteiger partial charge in [-0.3, -0.25) is 4.79 Å². The molecule has 1 rings (SSSR count). The topological polar surface area (TPSA) is 93.1 Å². The Bertz CT molecular complexity index is 758. The van der Waals surface area contributed by atoms with Crippen molar-refractivity contribution in [3.8, 4) is 5.75 Å². The highest BCUT2D eigenvalue weighted by molar-refractivity contribution is 5.89. The predicted molar refractivity (Wildman–Crippen MR) is 116 cm³/mol. The summed E-state index contributed by atoms with van der Waals surface area (Å²) in [5.74, 6) is -0.308. The minimum Gasteiger partial charge on any atom is -0.497 e. The number of aliphatic hydroxyl groups is 1. The van der Waals surface area contributed by atoms with Crippen molar-refractivity contribution in [3.05, 3.63) is 65.3 Å². The first-order valence-corrected chi connectivity index (χ1v) is 9.94. The van der Waals surface area contributed by atoms with E-state index in [1.54, 1.807) is 20.1 Å². The quantitative estimate of drug-likeness (QED) is 0.348. The zero-order chi connectivity index (χ0) is 22.4. The molecule has 0 radical (unpaired) electrons. The highest BCUT2D eigenvalue weighted by atomic mass is 16.5. The lowest BCUT2D eigenvalue weighted by Gasteiger charge is -2.10. The fraction of sp³-hybridized carbons (Fsp3) is 0.417. The van der Waals surface area contributed by atoms with Crippen LogP contribution in [0.25, 0.3) is 0 Å². The number of methoxy groups -OCH3 is 1. The van der Waals surface area contributed by atoms with Gasteiger partial charge in [0.1, 0.15) is 5.75 Å². The zero-order valence-electron chi connectivity index (χ0n) is 18.0. The molecule has 6 heteroatoms. The Labute approximate surface area is 178 Å². The maximum atomic E-state index is 11.9. The van der Waals surface area contributed by atoms with Crippen LogP contribution in [0.4, 0.5) is 0 Å². The molecule has 0 fully saturated rings. The van der Waals surface area contributed by atoms with Crippen molar-refractivity contribution in [1.29, 1.82) is 0 Å². The molecule has 0 bridgehead atoms. The molecule has 164 valence electrons. The fourth-order valence-corrected chi connectivity index (χ4v) is 2.63. The maximum absolute atomic E-state index is 11.9. The van der Waals surface area contributed by atoms with E-state index >= 15 is 0 Å². The smallest absolute Gasteiger partial charge is 0.328 e. The van der Waals surface area contributed by atoms with Crippen LogP contribution in [0.2, 0.25) is 0 Å². The molecule has 30 heavy (non-hydrogen) atoms. The minimum atomic E-state index is -0.937. The SMILES string of the molecule is COc1ccc(COC[C@H](O)CC(=O)/C=C/CC/C(C)=C\C/C(C)=C\C(=O)O)cc1. The molecule has 0 spiro atoms. The second kappa shape index (κ2) is 14.3. The van der Waals surface area contributed by atoms with Crippen molar-refractivity contribution in [2.24, 2.45) is 0 Å². The number of carboxylic acid groups (broad SMARTS) is 1. The van der Waals surface area contributed by atoms with Crippen LogP contribution in [0.3, 0.4) is 0 Å². The average molecular weight is 417 g/mol. The van der Waals surface area contributed by atoms with Gasteiger partial charge >= 0.3 is 5.97 Å². The monoisotopic (exact) mass is 416 g/mol. The van der Waals surface area contributed by atoms with Crippen LogP contribution in [0.1, 0.15) is 45.1 Å². The fourth-order valence-electron chi connectivity index (χ4n) is 2.63. The molecule has 0 heterocycles. The first kappa shape index (κ1) is 25.3. The van der Waals surface area contributed by atoms with E-state index in [4.69, 9.17) is 14.6 Å². The number of hydrogen-bond acceptors (Lipinski definition) is 5. The van der Waals surface area contributed by atoms with Crippen LogP contribution < -0.4 is 4.74 Å². The van der Waals surface area contributed by atoms with Crippen LogP contribution in [0.5, 0.6) is 5.75 Å². The van der Waals surface area contributed by atoms with Gasteiger partial charge in [-0.25, -0.2) is 4.79 Å². The van der Waals surface area contributed by atoms with Crippen LogP contribution in [0, 0.1) is 0 Å². The van der Waals surface area contributed by atoms with Crippen LogP contribution in [-0.2, 0) is 20.9 Å². The molecule has 2 N–H and O–H groups in total. The number of allylic oxidation sites excluding steroid dienone is 5. The molecule has 0 saturated heterocycles. The minimum absolute atomic E-state index is 0.0209. The van der Waals surface area contributed by atoms with E-state index in [9.17, 15) is 14.7 Å². The zero-order valence-corrected chi connectivity index (χ0v) is 18.0. The van der Waals surface area contributed by atoms with Crippen molar-refractivity contribution in [1.82, 2.24) is 0 Å². The van der Waals surface area contributed by atoms with E-state index in [0.29, 0.717) is 19.4 Å². The first-order chi connectivity index (χ1) is 14.3. The third kappa shape index (κ3) is 12.0. The van der Waals surface area contributed by atoms with E-state index in [-0.39, 0.29) is 18.8 Å². The molecule has 0 aliphatic carbocycles. The standard InChI is InChI=1S/C24H32O6/c1-18(8-9-19(2)14-24(27)28)6-4-5-7-21(25)15-22(26)17-30-16-20-10-12-23(29-3)13-11-20/h5,7-8,10-14,22,26H,4,6,9,15-17H2,1-3H3,(H,27,28)/b7-5+,18-8-,19-14-/t22-/m1/s1. The number of ketones is 1. The second-order valence-corrected chi connectivity index (χ2v) is 7.21. The van der Waals surface area contributed by atoms with E-state index < -0.39 is 12.1 Å². The Kier molecular flexibility index (Phi) is 12.1. The summed E-state index contributed by atoms with van der Waals surface area (Å²) in [4.78, 5) is 22.5. The Hall–Kier alpha value is -2.70. The molecular weight excluding hydrogens is 384 g/mol. The summed E-state index contributed by atoms with van der Waals surface area (Å²) in [5.41, 5.74) is 2.89. The third-order valence-electron chi connectivity index (χ3n) is 4.33. The molecule has 1 aromatic carbocycles. The molecule has 0 aliphatic heterocycles. The highest BCUT2D eigenvalue weighted by Gasteiger charge is 2.09. The Balaban J connectivity index is 2.23. The van der Waals surface area contributed by atoms with Crippen LogP contribution in [-0.4, -0.2) is 41.8 Å². The molecule has 0 unspecified atom stereocenters. The molecule has 0 saturated carbocycles. The van der Waals surface area contributed by atoms with E-state index in [0.717, 1.165) is 28.9 Å². The summed E-state index contributed by atoms with van der Waals surface area (Å²) < 4.78 is 10.6. The molecular formula is C24H32O6. The van der Waals surface area contributed by atoms with Gasteiger partial charge < -0.3 is 19.7 Å². The van der Waals surface area contributed by atoms with Gasteiger partial charge in [0.15, 0.2) is 5.78 Å². The average Bonchev–Trinajstić information content (AvgIpc) is 2.69. The van der Waals surface area contributed by atoms with Crippen LogP contribution >= 0.6 is 0 Å². The normalized spacial score (nSPS) is 13.5. The Morgan fingerprint density at radius 3 is 2.47 bits per heavy atom. The summed E-state index contributed by atoms with van der Waals surface area (Å²) in [6.07, 6.45) is 7.77. The van der Waals surface area contributed by atoms with Crippen molar-refractivity contribution < 1.29 is 29.3 Å². The molecule has 6 nitrogen and oxygen atoms in total. The first-order valence-electron chi connectivity index (χ1n) is 9.94. The number of carbonyl (C=O) groups excluding carboxylic acids is 1. The van der Waals surface area contributed by atoms with Gasteiger partial charge in [0.2, 0.25) is 0 Å². The van der Waals surface area contributed by atoms with Gasteiger partial charge in [-0.2, -0.15) is 0 Å². The van der Waals surface area contributed by atoms with Gasteiger partial charge in [0.05, 0.1) is 26.4 Å². The summed E-state index contributed by atoms with van der Waals surface area (Å²) in [6.45, 7) is 4.21. The van der Waals surface area contributed by atoms with Crippen molar-refractivity contribution in [2.45, 2.75) is 52.2 Å². The predicted octanol–water partition coefficient (Wildman–Crippen LogP) is 4.24. The number of benzene rings is 1. The van der Waals surface area contributed by atoms with E-state index in [2.05, 4.69) is 0 Å². The van der Waals surface area contributed by atoms with Crippen LogP contribution in [0.15, 0.2) is 59.7 Å². The highest BCUT2D eigenvalue weighted by Crippen LogP contribution is 2.12. The molecule has 0 amide bonds. The number of carbonyl (C=O) groups is 2. The van der Waals surface area contributed by atoms with E-state index in [1.807, 2.05) is 37.3 Å². The van der Waals surface area contributed by atoms with Gasteiger partial charge in [0, 0.05) is 12.5 Å². The third-order valence-corrected chi connectivity index (χ3v) is 4.33. The molecule has 1 atom stereocenters. The number of hydrogen-bond donors (Lipinski definition) is 2. The van der Waals surface area contributed by atoms with E-state index in [1.165, 1.54) is 12.2 Å². The number of aliphatic hydroxyl groups excluding tert-OH is 1. The summed E-state index contributed by atoms with van der Waals surface area (Å²) in [7, 11) is 1.61. The lowest BCUT2D eigenvalue weighted by Crippen LogP contribution is -2.18.